The van der Waals surface area contributed by atoms with Gasteiger partial charge in [0.1, 0.15) is 0 Å². The first-order chi connectivity index (χ1) is 12.1. The van der Waals surface area contributed by atoms with Crippen molar-refractivity contribution in [3.05, 3.63) is 50.6 Å². The van der Waals surface area contributed by atoms with Gasteiger partial charge in [0.25, 0.3) is 0 Å². The molecule has 1 aliphatic rings. The Morgan fingerprint density at radius 3 is 3.00 bits per heavy atom. The van der Waals surface area contributed by atoms with Crippen molar-refractivity contribution >= 4 is 38.9 Å². The number of ether oxygens (including phenoxy) is 1. The number of benzene rings is 1. The average Bonchev–Trinajstić information content (AvgIpc) is 3.24. The molecule has 25 heavy (non-hydrogen) atoms. The van der Waals surface area contributed by atoms with E-state index in [1.54, 1.807) is 11.3 Å². The van der Waals surface area contributed by atoms with Crippen LogP contribution in [0.2, 0.25) is 0 Å². The zero-order valence-corrected chi connectivity index (χ0v) is 16.7. The first-order valence-corrected chi connectivity index (χ1v) is 10.2. The third-order valence-electron chi connectivity index (χ3n) is 4.21. The lowest BCUT2D eigenvalue weighted by molar-refractivity contribution is -0.117. The standard InChI is InChI=1S/C19H23BrN2O2S/c1-14-6-7-18(17(20)10-14)21-19(23)13-22(11-15-4-2-8-24-15)12-16-5-3-9-25-16/h3,5-7,9-10,15H,2,4,8,11-13H2,1H3,(H,21,23)/t15-/m1/s1. The minimum Gasteiger partial charge on any atom is -0.377 e. The van der Waals surface area contributed by atoms with Crippen LogP contribution in [0.15, 0.2) is 40.2 Å². The lowest BCUT2D eigenvalue weighted by atomic mass is 10.2. The molecule has 0 bridgehead atoms. The van der Waals surface area contributed by atoms with Crippen LogP contribution < -0.4 is 5.32 Å². The van der Waals surface area contributed by atoms with Crippen LogP contribution in [0.5, 0.6) is 0 Å². The van der Waals surface area contributed by atoms with Crippen LogP contribution in [-0.4, -0.2) is 36.6 Å². The van der Waals surface area contributed by atoms with Crippen LogP contribution >= 0.6 is 27.3 Å². The number of hydrogen-bond acceptors (Lipinski definition) is 4. The normalized spacial score (nSPS) is 17.2. The number of nitrogens with one attached hydrogen (secondary N) is 1. The lowest BCUT2D eigenvalue weighted by Crippen LogP contribution is -2.37. The molecule has 1 aliphatic heterocycles. The third-order valence-corrected chi connectivity index (χ3v) is 5.73. The van der Waals surface area contributed by atoms with Crippen LogP contribution in [0, 0.1) is 6.92 Å². The molecule has 1 saturated heterocycles. The third kappa shape index (κ3) is 5.64. The van der Waals surface area contributed by atoms with E-state index in [4.69, 9.17) is 4.74 Å². The summed E-state index contributed by atoms with van der Waals surface area (Å²) in [5.74, 6) is -0.000828. The predicted molar refractivity (Wildman–Crippen MR) is 106 cm³/mol. The highest BCUT2D eigenvalue weighted by Crippen LogP contribution is 2.23. The SMILES string of the molecule is Cc1ccc(NC(=O)CN(Cc2cccs2)C[C@H]2CCCO2)c(Br)c1. The molecule has 1 aromatic heterocycles. The number of carbonyl (C=O) groups excluding carboxylic acids is 1. The Morgan fingerprint density at radius 2 is 2.32 bits per heavy atom. The van der Waals surface area contributed by atoms with E-state index in [-0.39, 0.29) is 12.0 Å². The van der Waals surface area contributed by atoms with Gasteiger partial charge in [-0.2, -0.15) is 0 Å². The van der Waals surface area contributed by atoms with Crippen molar-refractivity contribution in [3.8, 4) is 0 Å². The van der Waals surface area contributed by atoms with Crippen LogP contribution in [-0.2, 0) is 16.1 Å². The molecule has 1 atom stereocenters. The quantitative estimate of drug-likeness (QED) is 0.716. The summed E-state index contributed by atoms with van der Waals surface area (Å²) in [6, 6.07) is 10.1. The van der Waals surface area contributed by atoms with E-state index in [2.05, 4.69) is 37.6 Å². The van der Waals surface area contributed by atoms with Crippen LogP contribution in [0.25, 0.3) is 0 Å². The number of halogens is 1. The first-order valence-electron chi connectivity index (χ1n) is 8.52. The number of anilines is 1. The van der Waals surface area contributed by atoms with Gasteiger partial charge in [0.2, 0.25) is 5.91 Å². The maximum absolute atomic E-state index is 12.6. The second-order valence-corrected chi connectivity index (χ2v) is 8.30. The molecular weight excluding hydrogens is 400 g/mol. The number of aryl methyl sites for hydroxylation is 1. The van der Waals surface area contributed by atoms with E-state index in [0.717, 1.165) is 48.3 Å². The van der Waals surface area contributed by atoms with Gasteiger partial charge in [0.15, 0.2) is 0 Å². The Hall–Kier alpha value is -1.21. The molecule has 4 nitrogen and oxygen atoms in total. The van der Waals surface area contributed by atoms with E-state index in [0.29, 0.717) is 6.54 Å². The molecule has 1 N–H and O–H groups in total. The summed E-state index contributed by atoms with van der Waals surface area (Å²) in [5.41, 5.74) is 1.96. The van der Waals surface area contributed by atoms with Crippen molar-refractivity contribution in [2.24, 2.45) is 0 Å². The Kier molecular flexibility index (Phi) is 6.64. The molecule has 134 valence electrons. The Morgan fingerprint density at radius 1 is 1.44 bits per heavy atom. The van der Waals surface area contributed by atoms with Crippen LogP contribution in [0.1, 0.15) is 23.3 Å². The van der Waals surface area contributed by atoms with E-state index in [1.807, 2.05) is 31.2 Å². The molecular formula is C19H23BrN2O2S. The monoisotopic (exact) mass is 422 g/mol. The van der Waals surface area contributed by atoms with Gasteiger partial charge in [-0.25, -0.2) is 0 Å². The van der Waals surface area contributed by atoms with Gasteiger partial charge in [-0.05, 0) is 64.8 Å². The first kappa shape index (κ1) is 18.6. The van der Waals surface area contributed by atoms with Crippen molar-refractivity contribution in [2.75, 3.05) is 25.0 Å². The Balaban J connectivity index is 1.62. The van der Waals surface area contributed by atoms with E-state index >= 15 is 0 Å². The predicted octanol–water partition coefficient (Wildman–Crippen LogP) is 4.44. The van der Waals surface area contributed by atoms with Gasteiger partial charge in [-0.15, -0.1) is 11.3 Å². The van der Waals surface area contributed by atoms with Crippen molar-refractivity contribution in [3.63, 3.8) is 0 Å². The maximum Gasteiger partial charge on any atom is 0.238 e. The van der Waals surface area contributed by atoms with Crippen LogP contribution in [0.3, 0.4) is 0 Å². The molecule has 0 aliphatic carbocycles. The topological polar surface area (TPSA) is 41.6 Å². The number of nitrogens with zero attached hydrogens (tertiary/aromatic N) is 1. The molecule has 1 amide bonds. The minimum absolute atomic E-state index is 0.000828. The summed E-state index contributed by atoms with van der Waals surface area (Å²) in [7, 11) is 0. The van der Waals surface area contributed by atoms with Crippen molar-refractivity contribution < 1.29 is 9.53 Å². The summed E-state index contributed by atoms with van der Waals surface area (Å²) in [6.45, 7) is 4.79. The van der Waals surface area contributed by atoms with Gasteiger partial charge in [-0.1, -0.05) is 12.1 Å². The Labute approximate surface area is 161 Å². The van der Waals surface area contributed by atoms with Crippen LogP contribution in [0.4, 0.5) is 5.69 Å². The second kappa shape index (κ2) is 8.94. The van der Waals surface area contributed by atoms with Gasteiger partial charge in [0.05, 0.1) is 18.3 Å². The van der Waals surface area contributed by atoms with Crippen molar-refractivity contribution in [1.29, 1.82) is 0 Å². The highest BCUT2D eigenvalue weighted by Gasteiger charge is 2.21. The largest absolute Gasteiger partial charge is 0.377 e. The lowest BCUT2D eigenvalue weighted by Gasteiger charge is -2.24. The second-order valence-electron chi connectivity index (χ2n) is 6.42. The molecule has 2 aromatic rings. The molecule has 1 aromatic carbocycles. The summed E-state index contributed by atoms with van der Waals surface area (Å²) in [5, 5.41) is 5.08. The fraction of sp³-hybridized carbons (Fsp3) is 0.421. The van der Waals surface area contributed by atoms with Gasteiger partial charge in [-0.3, -0.25) is 9.69 Å². The number of carbonyl (C=O) groups is 1. The zero-order chi connectivity index (χ0) is 17.6. The number of thiophene rings is 1. The molecule has 0 radical (unpaired) electrons. The molecule has 0 spiro atoms. The summed E-state index contributed by atoms with van der Waals surface area (Å²) in [4.78, 5) is 16.0. The highest BCUT2D eigenvalue weighted by atomic mass is 79.9. The summed E-state index contributed by atoms with van der Waals surface area (Å²) >= 11 is 5.24. The van der Waals surface area contributed by atoms with Crippen molar-refractivity contribution in [1.82, 2.24) is 4.90 Å². The highest BCUT2D eigenvalue weighted by molar-refractivity contribution is 9.10. The zero-order valence-electron chi connectivity index (χ0n) is 14.3. The molecule has 1 fully saturated rings. The Bertz CT molecular complexity index is 699. The molecule has 2 heterocycles. The van der Waals surface area contributed by atoms with E-state index in [1.165, 1.54) is 4.88 Å². The number of hydrogen-bond donors (Lipinski definition) is 1. The fourth-order valence-corrected chi connectivity index (χ4v) is 4.34. The van der Waals surface area contributed by atoms with Gasteiger partial charge in [0, 0.05) is 29.0 Å². The number of rotatable bonds is 7. The molecule has 0 unspecified atom stereocenters. The molecule has 3 rings (SSSR count). The van der Waals surface area contributed by atoms with Crippen molar-refractivity contribution in [2.45, 2.75) is 32.4 Å². The average molecular weight is 423 g/mol. The summed E-state index contributed by atoms with van der Waals surface area (Å²) < 4.78 is 6.66. The smallest absolute Gasteiger partial charge is 0.238 e. The maximum atomic E-state index is 12.6. The minimum atomic E-state index is -0.000828. The van der Waals surface area contributed by atoms with Gasteiger partial charge >= 0.3 is 0 Å². The summed E-state index contributed by atoms with van der Waals surface area (Å²) in [6.07, 6.45) is 2.42. The van der Waals surface area contributed by atoms with Gasteiger partial charge < -0.3 is 10.1 Å². The number of amides is 1. The van der Waals surface area contributed by atoms with E-state index < -0.39 is 0 Å². The fourth-order valence-electron chi connectivity index (χ4n) is 3.00. The van der Waals surface area contributed by atoms with E-state index in [9.17, 15) is 4.79 Å². The molecule has 0 saturated carbocycles. The molecule has 6 heteroatoms.